The van der Waals surface area contributed by atoms with E-state index in [-0.39, 0.29) is 6.03 Å². The Bertz CT molecular complexity index is 447. The highest BCUT2D eigenvalue weighted by Crippen LogP contribution is 2.29. The van der Waals surface area contributed by atoms with E-state index in [1.54, 1.807) is 0 Å². The molecule has 22 heavy (non-hydrogen) atoms. The van der Waals surface area contributed by atoms with Crippen molar-refractivity contribution in [1.29, 1.82) is 0 Å². The lowest BCUT2D eigenvalue weighted by Crippen LogP contribution is -2.37. The zero-order chi connectivity index (χ0) is 16.4. The number of alkyl halides is 3. The first-order chi connectivity index (χ1) is 10.4. The van der Waals surface area contributed by atoms with E-state index in [0.29, 0.717) is 32.7 Å². The van der Waals surface area contributed by atoms with Gasteiger partial charge in [-0.3, -0.25) is 0 Å². The quantitative estimate of drug-likeness (QED) is 0.724. The molecule has 2 amide bonds. The molecule has 0 saturated carbocycles. The van der Waals surface area contributed by atoms with E-state index < -0.39 is 11.7 Å². The third kappa shape index (κ3) is 7.31. The molecule has 1 aromatic rings. The van der Waals surface area contributed by atoms with Gasteiger partial charge in [0, 0.05) is 26.3 Å². The van der Waals surface area contributed by atoms with Crippen LogP contribution in [-0.2, 0) is 17.3 Å². The molecule has 0 fully saturated rings. The smallest absolute Gasteiger partial charge is 0.382 e. The van der Waals surface area contributed by atoms with Crippen molar-refractivity contribution in [3.63, 3.8) is 0 Å². The molecule has 0 radical (unpaired) electrons. The molecule has 2 N–H and O–H groups in total. The Morgan fingerprint density at radius 3 is 2.36 bits per heavy atom. The molecule has 1 aromatic carbocycles. The average molecular weight is 318 g/mol. The molecule has 0 atom stereocenters. The van der Waals surface area contributed by atoms with E-state index >= 15 is 0 Å². The summed E-state index contributed by atoms with van der Waals surface area (Å²) in [5, 5.41) is 5.33. The number of amides is 2. The summed E-state index contributed by atoms with van der Waals surface area (Å²) in [7, 11) is 0. The fourth-order valence-corrected chi connectivity index (χ4v) is 1.76. The molecule has 0 aliphatic rings. The number of benzene rings is 1. The second-order valence-electron chi connectivity index (χ2n) is 4.68. The van der Waals surface area contributed by atoms with E-state index in [2.05, 4.69) is 10.6 Å². The first kappa shape index (κ1) is 18.3. The molecule has 0 bridgehead atoms. The molecule has 0 aliphatic heterocycles. The van der Waals surface area contributed by atoms with Crippen LogP contribution in [0.5, 0.6) is 0 Å². The lowest BCUT2D eigenvalue weighted by Gasteiger charge is -2.09. The normalized spacial score (nSPS) is 11.3. The first-order valence-electron chi connectivity index (χ1n) is 7.19. The van der Waals surface area contributed by atoms with Crippen LogP contribution in [0.1, 0.15) is 24.5 Å². The summed E-state index contributed by atoms with van der Waals surface area (Å²) in [6.45, 7) is 4.04. The van der Waals surface area contributed by atoms with Gasteiger partial charge in [-0.25, -0.2) is 4.79 Å². The maximum atomic E-state index is 12.4. The van der Waals surface area contributed by atoms with Gasteiger partial charge >= 0.3 is 12.2 Å². The number of hydrogen-bond donors (Lipinski definition) is 2. The van der Waals surface area contributed by atoms with Crippen LogP contribution in [0.25, 0.3) is 0 Å². The Morgan fingerprint density at radius 1 is 1.14 bits per heavy atom. The summed E-state index contributed by atoms with van der Waals surface area (Å²) in [5.74, 6) is 0. The predicted octanol–water partition coefficient (Wildman–Crippen LogP) is 2.97. The number of nitrogens with one attached hydrogen (secondary N) is 2. The molecule has 0 heterocycles. The van der Waals surface area contributed by atoms with Crippen molar-refractivity contribution < 1.29 is 22.7 Å². The van der Waals surface area contributed by atoms with E-state index in [0.717, 1.165) is 24.1 Å². The number of ether oxygens (including phenoxy) is 1. The molecule has 0 spiro atoms. The summed E-state index contributed by atoms with van der Waals surface area (Å²) in [4.78, 5) is 11.4. The minimum absolute atomic E-state index is 0.289. The van der Waals surface area contributed by atoms with E-state index in [9.17, 15) is 18.0 Å². The van der Waals surface area contributed by atoms with Gasteiger partial charge in [0.15, 0.2) is 0 Å². The van der Waals surface area contributed by atoms with Crippen LogP contribution in [0.4, 0.5) is 18.0 Å². The van der Waals surface area contributed by atoms with Gasteiger partial charge in [-0.15, -0.1) is 0 Å². The summed E-state index contributed by atoms with van der Waals surface area (Å²) >= 11 is 0. The average Bonchev–Trinajstić information content (AvgIpc) is 2.46. The maximum Gasteiger partial charge on any atom is 0.416 e. The highest BCUT2D eigenvalue weighted by atomic mass is 19.4. The monoisotopic (exact) mass is 318 g/mol. The number of urea groups is 1. The molecular weight excluding hydrogens is 297 g/mol. The third-order valence-corrected chi connectivity index (χ3v) is 2.94. The minimum Gasteiger partial charge on any atom is -0.382 e. The van der Waals surface area contributed by atoms with Gasteiger partial charge in [0.05, 0.1) is 5.56 Å². The van der Waals surface area contributed by atoms with Crippen LogP contribution in [-0.4, -0.2) is 32.3 Å². The fraction of sp³-hybridized carbons (Fsp3) is 0.533. The molecule has 0 saturated heterocycles. The van der Waals surface area contributed by atoms with Crippen LogP contribution >= 0.6 is 0 Å². The Balaban J connectivity index is 2.20. The molecule has 1 rings (SSSR count). The summed E-state index contributed by atoms with van der Waals surface area (Å²) in [6.07, 6.45) is -3.11. The lowest BCUT2D eigenvalue weighted by atomic mass is 10.1. The van der Waals surface area contributed by atoms with Crippen molar-refractivity contribution in [2.75, 3.05) is 26.3 Å². The van der Waals surface area contributed by atoms with Gasteiger partial charge in [-0.1, -0.05) is 12.1 Å². The SMILES string of the molecule is CCOCCCNC(=O)NCCc1ccc(C(F)(F)F)cc1. The van der Waals surface area contributed by atoms with Crippen LogP contribution in [0, 0.1) is 0 Å². The van der Waals surface area contributed by atoms with E-state index in [1.807, 2.05) is 6.92 Å². The lowest BCUT2D eigenvalue weighted by molar-refractivity contribution is -0.137. The van der Waals surface area contributed by atoms with Gasteiger partial charge in [0.2, 0.25) is 0 Å². The number of rotatable bonds is 8. The molecule has 0 aliphatic carbocycles. The Morgan fingerprint density at radius 2 is 1.77 bits per heavy atom. The Kier molecular flexibility index (Phi) is 7.73. The van der Waals surface area contributed by atoms with Crippen LogP contribution in [0.3, 0.4) is 0 Å². The standard InChI is InChI=1S/C15H21F3N2O2/c1-2-22-11-3-9-19-14(21)20-10-8-12-4-6-13(7-5-12)15(16,17)18/h4-7H,2-3,8-11H2,1H3,(H2,19,20,21). The van der Waals surface area contributed by atoms with Gasteiger partial charge in [0.1, 0.15) is 0 Å². The van der Waals surface area contributed by atoms with Crippen molar-refractivity contribution in [1.82, 2.24) is 10.6 Å². The van der Waals surface area contributed by atoms with E-state index in [1.165, 1.54) is 12.1 Å². The van der Waals surface area contributed by atoms with Crippen molar-refractivity contribution in [2.45, 2.75) is 25.9 Å². The van der Waals surface area contributed by atoms with Crippen LogP contribution < -0.4 is 10.6 Å². The zero-order valence-electron chi connectivity index (χ0n) is 12.5. The molecule has 4 nitrogen and oxygen atoms in total. The van der Waals surface area contributed by atoms with Crippen molar-refractivity contribution in [3.8, 4) is 0 Å². The highest BCUT2D eigenvalue weighted by molar-refractivity contribution is 5.73. The van der Waals surface area contributed by atoms with E-state index in [4.69, 9.17) is 4.74 Å². The summed E-state index contributed by atoms with van der Waals surface area (Å²) in [5.41, 5.74) is 0.0703. The van der Waals surface area contributed by atoms with Gasteiger partial charge in [0.25, 0.3) is 0 Å². The molecule has 0 unspecified atom stereocenters. The van der Waals surface area contributed by atoms with Gasteiger partial charge < -0.3 is 15.4 Å². The van der Waals surface area contributed by atoms with Crippen LogP contribution in [0.2, 0.25) is 0 Å². The molecule has 7 heteroatoms. The second kappa shape index (κ2) is 9.30. The summed E-state index contributed by atoms with van der Waals surface area (Å²) < 4.78 is 42.3. The molecule has 0 aromatic heterocycles. The molecule has 124 valence electrons. The zero-order valence-corrected chi connectivity index (χ0v) is 12.5. The molecular formula is C15H21F3N2O2. The Hall–Kier alpha value is -1.76. The number of halogens is 3. The second-order valence-corrected chi connectivity index (χ2v) is 4.68. The predicted molar refractivity (Wildman–Crippen MR) is 77.7 cm³/mol. The van der Waals surface area contributed by atoms with Crippen molar-refractivity contribution >= 4 is 6.03 Å². The van der Waals surface area contributed by atoms with Gasteiger partial charge in [-0.2, -0.15) is 13.2 Å². The highest BCUT2D eigenvalue weighted by Gasteiger charge is 2.29. The fourth-order valence-electron chi connectivity index (χ4n) is 1.76. The third-order valence-electron chi connectivity index (χ3n) is 2.94. The van der Waals surface area contributed by atoms with Crippen LogP contribution in [0.15, 0.2) is 24.3 Å². The number of carbonyl (C=O) groups excluding carboxylic acids is 1. The van der Waals surface area contributed by atoms with Crippen molar-refractivity contribution in [2.24, 2.45) is 0 Å². The Labute approximate surface area is 128 Å². The minimum atomic E-state index is -4.32. The van der Waals surface area contributed by atoms with Crippen molar-refractivity contribution in [3.05, 3.63) is 35.4 Å². The number of carbonyl (C=O) groups is 1. The first-order valence-corrected chi connectivity index (χ1v) is 7.19. The maximum absolute atomic E-state index is 12.4. The number of hydrogen-bond acceptors (Lipinski definition) is 2. The largest absolute Gasteiger partial charge is 0.416 e. The van der Waals surface area contributed by atoms with Gasteiger partial charge in [-0.05, 0) is 37.5 Å². The topological polar surface area (TPSA) is 50.4 Å². The summed E-state index contributed by atoms with van der Waals surface area (Å²) in [6, 6.07) is 4.64.